The lowest BCUT2D eigenvalue weighted by molar-refractivity contribution is -0.128. The van der Waals surface area contributed by atoms with Gasteiger partial charge in [-0.3, -0.25) is 20.2 Å². The smallest absolute Gasteiger partial charge is 0.318 e. The Morgan fingerprint density at radius 2 is 2.04 bits per heavy atom. The molecule has 0 aliphatic carbocycles. The number of nitrogens with zero attached hydrogens (tertiary/aromatic N) is 1. The highest BCUT2D eigenvalue weighted by Crippen LogP contribution is 2.00. The van der Waals surface area contributed by atoms with Gasteiger partial charge in [-0.1, -0.05) is 0 Å². The van der Waals surface area contributed by atoms with Crippen LogP contribution < -0.4 is 33.2 Å². The summed E-state index contributed by atoms with van der Waals surface area (Å²) >= 11 is 0. The Bertz CT molecular complexity index is 447. The molecule has 0 aromatic carbocycles. The largest absolute Gasteiger partial charge is 0.351 e. The number of urea groups is 1. The van der Waals surface area contributed by atoms with E-state index in [0.29, 0.717) is 13.0 Å². The number of nitrogens with two attached hydrogens (primary N) is 3. The SMILES string of the molecule is Cl.Cl.NCCC[C@H](N)CC(=O)NC1CN=C(NC(N)=O)NC1=O. The standard InChI is InChI=1S/C11H21N7O3.2ClH/c12-3-1-2-6(13)4-8(19)16-7-5-15-11(17-9(7)20)18-10(14)21;;/h6-7H,1-5,12-13H2,(H,16,19)(H4,14,15,17,18,20,21);2*1H/t6-,7?;;/m0../s1. The van der Waals surface area contributed by atoms with E-state index < -0.39 is 18.0 Å². The maximum absolute atomic E-state index is 11.7. The molecule has 2 atom stereocenters. The fourth-order valence-electron chi connectivity index (χ4n) is 1.78. The molecule has 0 spiro atoms. The lowest BCUT2D eigenvalue weighted by Gasteiger charge is -2.22. The molecule has 1 heterocycles. The second-order valence-electron chi connectivity index (χ2n) is 4.68. The van der Waals surface area contributed by atoms with Crippen molar-refractivity contribution < 1.29 is 14.4 Å². The molecule has 10 nitrogen and oxygen atoms in total. The Morgan fingerprint density at radius 3 is 2.57 bits per heavy atom. The molecule has 1 unspecified atom stereocenters. The molecule has 0 saturated carbocycles. The molecule has 12 heteroatoms. The number of aliphatic imine (C=N–C) groups is 1. The first-order chi connectivity index (χ1) is 9.92. The molecular formula is C11H23Cl2N7O3. The summed E-state index contributed by atoms with van der Waals surface area (Å²) in [4.78, 5) is 38.0. The van der Waals surface area contributed by atoms with E-state index >= 15 is 0 Å². The van der Waals surface area contributed by atoms with Gasteiger partial charge in [0.2, 0.25) is 11.9 Å². The number of guanidine groups is 1. The molecule has 0 bridgehead atoms. The van der Waals surface area contributed by atoms with Crippen LogP contribution in [0.5, 0.6) is 0 Å². The number of amides is 4. The zero-order chi connectivity index (χ0) is 15.8. The van der Waals surface area contributed by atoms with Crippen molar-refractivity contribution in [2.75, 3.05) is 13.1 Å². The predicted molar refractivity (Wildman–Crippen MR) is 90.5 cm³/mol. The minimum atomic E-state index is -0.831. The monoisotopic (exact) mass is 371 g/mol. The van der Waals surface area contributed by atoms with Crippen molar-refractivity contribution in [2.24, 2.45) is 22.2 Å². The molecule has 0 aromatic rings. The van der Waals surface area contributed by atoms with E-state index in [-0.39, 0.29) is 55.7 Å². The van der Waals surface area contributed by atoms with Gasteiger partial charge in [0.15, 0.2) is 0 Å². The third-order valence-electron chi connectivity index (χ3n) is 2.79. The second-order valence-corrected chi connectivity index (χ2v) is 4.68. The van der Waals surface area contributed by atoms with E-state index in [4.69, 9.17) is 17.2 Å². The van der Waals surface area contributed by atoms with Crippen molar-refractivity contribution in [2.45, 2.75) is 31.3 Å². The van der Waals surface area contributed by atoms with Gasteiger partial charge in [-0.25, -0.2) is 9.79 Å². The molecule has 0 aromatic heterocycles. The zero-order valence-corrected chi connectivity index (χ0v) is 14.0. The van der Waals surface area contributed by atoms with Crippen molar-refractivity contribution in [1.29, 1.82) is 0 Å². The average Bonchev–Trinajstić information content (AvgIpc) is 2.39. The Kier molecular flexibility index (Phi) is 12.2. The third kappa shape index (κ3) is 9.18. The molecule has 23 heavy (non-hydrogen) atoms. The van der Waals surface area contributed by atoms with Gasteiger partial charge in [0.25, 0.3) is 5.91 Å². The number of hydrogen-bond acceptors (Lipinski definition) is 6. The van der Waals surface area contributed by atoms with Gasteiger partial charge in [0.05, 0.1) is 6.54 Å². The van der Waals surface area contributed by atoms with Gasteiger partial charge >= 0.3 is 6.03 Å². The van der Waals surface area contributed by atoms with Crippen LogP contribution in [0.25, 0.3) is 0 Å². The minimum Gasteiger partial charge on any atom is -0.351 e. The molecule has 4 amide bonds. The molecule has 1 rings (SSSR count). The number of rotatable bonds is 6. The number of halogens is 2. The molecule has 0 saturated heterocycles. The normalized spacial score (nSPS) is 17.6. The predicted octanol–water partition coefficient (Wildman–Crippen LogP) is -2.07. The van der Waals surface area contributed by atoms with Crippen molar-refractivity contribution in [3.63, 3.8) is 0 Å². The lowest BCUT2D eigenvalue weighted by atomic mass is 10.1. The van der Waals surface area contributed by atoms with Crippen LogP contribution in [0, 0.1) is 0 Å². The van der Waals surface area contributed by atoms with Crippen LogP contribution >= 0.6 is 24.8 Å². The first kappa shape index (κ1) is 23.6. The number of nitrogens with one attached hydrogen (secondary N) is 3. The molecule has 0 radical (unpaired) electrons. The highest BCUT2D eigenvalue weighted by molar-refractivity contribution is 6.07. The molecule has 134 valence electrons. The lowest BCUT2D eigenvalue weighted by Crippen LogP contribution is -2.58. The Balaban J connectivity index is 0. The van der Waals surface area contributed by atoms with Gasteiger partial charge in [0.1, 0.15) is 6.04 Å². The molecule has 1 aliphatic rings. The van der Waals surface area contributed by atoms with Gasteiger partial charge in [-0.05, 0) is 19.4 Å². The fraction of sp³-hybridized carbons (Fsp3) is 0.636. The van der Waals surface area contributed by atoms with Crippen LogP contribution in [0.1, 0.15) is 19.3 Å². The quantitative estimate of drug-likeness (QED) is 0.313. The Labute approximate surface area is 146 Å². The number of carbonyl (C=O) groups excluding carboxylic acids is 3. The summed E-state index contributed by atoms with van der Waals surface area (Å²) in [5.41, 5.74) is 16.0. The molecular weight excluding hydrogens is 349 g/mol. The fourth-order valence-corrected chi connectivity index (χ4v) is 1.78. The maximum atomic E-state index is 11.7. The molecule has 0 fully saturated rings. The number of carbonyl (C=O) groups is 3. The van der Waals surface area contributed by atoms with Gasteiger partial charge in [-0.2, -0.15) is 0 Å². The summed E-state index contributed by atoms with van der Waals surface area (Å²) in [5.74, 6) is -0.837. The van der Waals surface area contributed by atoms with Crippen LogP contribution in [-0.4, -0.2) is 49.0 Å². The van der Waals surface area contributed by atoms with Crippen LogP contribution in [0.15, 0.2) is 4.99 Å². The van der Waals surface area contributed by atoms with Crippen molar-refractivity contribution in [1.82, 2.24) is 16.0 Å². The average molecular weight is 372 g/mol. The molecule has 9 N–H and O–H groups in total. The van der Waals surface area contributed by atoms with Gasteiger partial charge in [-0.15, -0.1) is 24.8 Å². The van der Waals surface area contributed by atoms with Crippen LogP contribution in [0.2, 0.25) is 0 Å². The zero-order valence-electron chi connectivity index (χ0n) is 12.4. The first-order valence-corrected chi connectivity index (χ1v) is 6.59. The summed E-state index contributed by atoms with van der Waals surface area (Å²) < 4.78 is 0. The highest BCUT2D eigenvalue weighted by Gasteiger charge is 2.26. The summed E-state index contributed by atoms with van der Waals surface area (Å²) in [6.45, 7) is 0.538. The summed E-state index contributed by atoms with van der Waals surface area (Å²) in [5, 5.41) is 7.02. The van der Waals surface area contributed by atoms with Crippen molar-refractivity contribution >= 4 is 48.6 Å². The topological polar surface area (TPSA) is 178 Å². The van der Waals surface area contributed by atoms with E-state index in [0.717, 1.165) is 6.42 Å². The molecule has 1 aliphatic heterocycles. The van der Waals surface area contributed by atoms with E-state index in [1.165, 1.54) is 0 Å². The second kappa shape index (κ2) is 11.9. The summed E-state index contributed by atoms with van der Waals surface area (Å²) in [6, 6.07) is -1.92. The van der Waals surface area contributed by atoms with Crippen molar-refractivity contribution in [3.05, 3.63) is 0 Å². The minimum absolute atomic E-state index is 0. The van der Waals surface area contributed by atoms with Crippen LogP contribution in [-0.2, 0) is 9.59 Å². The van der Waals surface area contributed by atoms with Crippen LogP contribution in [0.3, 0.4) is 0 Å². The Hall–Kier alpha value is -1.62. The summed E-state index contributed by atoms with van der Waals surface area (Å²) in [7, 11) is 0. The first-order valence-electron chi connectivity index (χ1n) is 6.59. The van der Waals surface area contributed by atoms with E-state index in [1.54, 1.807) is 0 Å². The number of hydrogen-bond donors (Lipinski definition) is 6. The van der Waals surface area contributed by atoms with Gasteiger partial charge < -0.3 is 22.5 Å². The van der Waals surface area contributed by atoms with Gasteiger partial charge in [0, 0.05) is 12.5 Å². The summed E-state index contributed by atoms with van der Waals surface area (Å²) in [6.07, 6.45) is 1.50. The van der Waals surface area contributed by atoms with E-state index in [9.17, 15) is 14.4 Å². The van der Waals surface area contributed by atoms with Crippen molar-refractivity contribution in [3.8, 4) is 0 Å². The Morgan fingerprint density at radius 1 is 1.39 bits per heavy atom. The maximum Gasteiger partial charge on any atom is 0.318 e. The highest BCUT2D eigenvalue weighted by atomic mass is 35.5. The van der Waals surface area contributed by atoms with E-state index in [1.807, 2.05) is 0 Å². The number of primary amides is 1. The third-order valence-corrected chi connectivity index (χ3v) is 2.79. The van der Waals surface area contributed by atoms with E-state index in [2.05, 4.69) is 20.9 Å². The van der Waals surface area contributed by atoms with Crippen LogP contribution in [0.4, 0.5) is 4.79 Å².